The summed E-state index contributed by atoms with van der Waals surface area (Å²) in [5.41, 5.74) is 0.426. The third kappa shape index (κ3) is 1.11. The van der Waals surface area contributed by atoms with E-state index in [4.69, 9.17) is 0 Å². The fraction of sp³-hybridized carbons (Fsp3) is 0.111. The number of hydrogen-bond acceptors (Lipinski definition) is 2. The second-order valence-electron chi connectivity index (χ2n) is 2.76. The first-order valence-electron chi connectivity index (χ1n) is 3.80. The van der Waals surface area contributed by atoms with Crippen LogP contribution in [0.25, 0.3) is 11.0 Å². The lowest BCUT2D eigenvalue weighted by Crippen LogP contribution is -2.17. The molecule has 0 aliphatic carbocycles. The quantitative estimate of drug-likeness (QED) is 0.604. The van der Waals surface area contributed by atoms with Gasteiger partial charge >= 0.3 is 0 Å². The summed E-state index contributed by atoms with van der Waals surface area (Å²) in [5.74, 6) is -0.426. The van der Waals surface area contributed by atoms with Crippen molar-refractivity contribution in [3.63, 3.8) is 0 Å². The van der Waals surface area contributed by atoms with Gasteiger partial charge in [0, 0.05) is 7.05 Å². The first-order chi connectivity index (χ1) is 6.20. The van der Waals surface area contributed by atoms with Gasteiger partial charge in [-0.1, -0.05) is 6.07 Å². The van der Waals surface area contributed by atoms with Crippen LogP contribution in [-0.2, 0) is 7.05 Å². The van der Waals surface area contributed by atoms with E-state index in [1.165, 1.54) is 23.9 Å². The number of fused-ring (bicyclic) bond motifs is 1. The molecule has 2 rings (SSSR count). The first kappa shape index (κ1) is 7.91. The van der Waals surface area contributed by atoms with Gasteiger partial charge in [0.2, 0.25) is 0 Å². The van der Waals surface area contributed by atoms with Crippen LogP contribution < -0.4 is 5.56 Å². The Kier molecular flexibility index (Phi) is 1.62. The SMILES string of the molecule is Cn1c(=O)cnc2cccc(F)c21. The lowest BCUT2D eigenvalue weighted by atomic mass is 10.3. The largest absolute Gasteiger partial charge is 0.306 e. The molecule has 66 valence electrons. The second-order valence-corrected chi connectivity index (χ2v) is 2.76. The average Bonchev–Trinajstić information content (AvgIpc) is 2.12. The molecule has 0 amide bonds. The van der Waals surface area contributed by atoms with Crippen molar-refractivity contribution < 1.29 is 4.39 Å². The molecule has 0 saturated heterocycles. The zero-order valence-corrected chi connectivity index (χ0v) is 6.99. The van der Waals surface area contributed by atoms with Gasteiger partial charge in [-0.15, -0.1) is 0 Å². The van der Waals surface area contributed by atoms with E-state index in [1.807, 2.05) is 0 Å². The predicted octanol–water partition coefficient (Wildman–Crippen LogP) is 1.07. The third-order valence-electron chi connectivity index (χ3n) is 1.95. The average molecular weight is 178 g/mol. The van der Waals surface area contributed by atoms with E-state index < -0.39 is 5.82 Å². The van der Waals surface area contributed by atoms with E-state index >= 15 is 0 Å². The molecule has 0 unspecified atom stereocenters. The van der Waals surface area contributed by atoms with Crippen LogP contribution in [0.4, 0.5) is 4.39 Å². The van der Waals surface area contributed by atoms with E-state index in [-0.39, 0.29) is 11.1 Å². The minimum atomic E-state index is -0.426. The van der Waals surface area contributed by atoms with Crippen molar-refractivity contribution in [2.45, 2.75) is 0 Å². The molecule has 0 spiro atoms. The molecule has 0 radical (unpaired) electrons. The minimum Gasteiger partial charge on any atom is -0.306 e. The van der Waals surface area contributed by atoms with E-state index in [1.54, 1.807) is 12.1 Å². The summed E-state index contributed by atoms with van der Waals surface area (Å²) in [7, 11) is 1.52. The summed E-state index contributed by atoms with van der Waals surface area (Å²) in [6.45, 7) is 0. The second kappa shape index (κ2) is 2.65. The Balaban J connectivity index is 3.05. The summed E-state index contributed by atoms with van der Waals surface area (Å²) in [6, 6.07) is 4.54. The maximum absolute atomic E-state index is 13.2. The Morgan fingerprint density at radius 2 is 2.23 bits per heavy atom. The molecular weight excluding hydrogens is 171 g/mol. The normalized spacial score (nSPS) is 10.6. The number of nitrogens with zero attached hydrogens (tertiary/aromatic N) is 2. The maximum atomic E-state index is 13.2. The summed E-state index contributed by atoms with van der Waals surface area (Å²) in [4.78, 5) is 14.9. The van der Waals surface area contributed by atoms with Crippen molar-refractivity contribution in [2.75, 3.05) is 0 Å². The molecule has 4 heteroatoms. The molecule has 2 aromatic rings. The molecule has 1 aromatic carbocycles. The molecule has 13 heavy (non-hydrogen) atoms. The molecule has 0 N–H and O–H groups in total. The van der Waals surface area contributed by atoms with Crippen LogP contribution in [0.5, 0.6) is 0 Å². The van der Waals surface area contributed by atoms with E-state index in [0.717, 1.165) is 0 Å². The number of para-hydroxylation sites is 1. The van der Waals surface area contributed by atoms with Gasteiger partial charge in [-0.05, 0) is 12.1 Å². The summed E-state index contributed by atoms with van der Waals surface area (Å²) >= 11 is 0. The van der Waals surface area contributed by atoms with Crippen LogP contribution in [0.3, 0.4) is 0 Å². The van der Waals surface area contributed by atoms with Crippen molar-refractivity contribution in [2.24, 2.45) is 7.05 Å². The zero-order chi connectivity index (χ0) is 9.42. The van der Waals surface area contributed by atoms with Gasteiger partial charge in [-0.2, -0.15) is 0 Å². The molecule has 3 nitrogen and oxygen atoms in total. The van der Waals surface area contributed by atoms with Crippen LogP contribution in [0.2, 0.25) is 0 Å². The van der Waals surface area contributed by atoms with Gasteiger partial charge in [-0.3, -0.25) is 4.79 Å². The summed E-state index contributed by atoms with van der Waals surface area (Å²) in [5, 5.41) is 0. The predicted molar refractivity (Wildman–Crippen MR) is 46.9 cm³/mol. The molecule has 0 fully saturated rings. The standard InChI is InChI=1S/C9H7FN2O/c1-12-8(13)5-11-7-4-2-3-6(10)9(7)12/h2-5H,1H3. The Morgan fingerprint density at radius 1 is 1.46 bits per heavy atom. The molecule has 1 heterocycles. The third-order valence-corrected chi connectivity index (χ3v) is 1.95. The molecule has 0 bridgehead atoms. The minimum absolute atomic E-state index is 0.245. The molecule has 0 aliphatic rings. The molecular formula is C9H7FN2O. The van der Waals surface area contributed by atoms with Gasteiger partial charge < -0.3 is 4.57 Å². The lowest BCUT2D eigenvalue weighted by molar-refractivity contribution is 0.628. The van der Waals surface area contributed by atoms with Crippen LogP contribution in [0, 0.1) is 5.82 Å². The van der Waals surface area contributed by atoms with Crippen molar-refractivity contribution in [3.8, 4) is 0 Å². The van der Waals surface area contributed by atoms with Crippen LogP contribution >= 0.6 is 0 Å². The van der Waals surface area contributed by atoms with Crippen molar-refractivity contribution in [1.29, 1.82) is 0 Å². The van der Waals surface area contributed by atoms with Gasteiger partial charge in [0.25, 0.3) is 5.56 Å². The summed E-state index contributed by atoms with van der Waals surface area (Å²) in [6.07, 6.45) is 1.18. The maximum Gasteiger partial charge on any atom is 0.269 e. The fourth-order valence-electron chi connectivity index (χ4n) is 1.26. The Labute approximate surface area is 73.5 Å². The number of hydrogen-bond donors (Lipinski definition) is 0. The highest BCUT2D eigenvalue weighted by molar-refractivity contribution is 5.74. The topological polar surface area (TPSA) is 34.9 Å². The van der Waals surface area contributed by atoms with Gasteiger partial charge in [-0.25, -0.2) is 9.37 Å². The number of aromatic nitrogens is 2. The van der Waals surface area contributed by atoms with Crippen molar-refractivity contribution in [3.05, 3.63) is 40.6 Å². The van der Waals surface area contributed by atoms with Crippen molar-refractivity contribution in [1.82, 2.24) is 9.55 Å². The molecule has 0 saturated carbocycles. The van der Waals surface area contributed by atoms with Crippen LogP contribution in [-0.4, -0.2) is 9.55 Å². The monoisotopic (exact) mass is 178 g/mol. The Morgan fingerprint density at radius 3 is 3.00 bits per heavy atom. The first-order valence-corrected chi connectivity index (χ1v) is 3.80. The van der Waals surface area contributed by atoms with E-state index in [0.29, 0.717) is 5.52 Å². The van der Waals surface area contributed by atoms with Crippen LogP contribution in [0.15, 0.2) is 29.2 Å². The van der Waals surface area contributed by atoms with Gasteiger partial charge in [0.15, 0.2) is 0 Å². The van der Waals surface area contributed by atoms with E-state index in [9.17, 15) is 9.18 Å². The highest BCUT2D eigenvalue weighted by Crippen LogP contribution is 2.11. The number of aryl methyl sites for hydroxylation is 1. The molecule has 0 atom stereocenters. The number of benzene rings is 1. The highest BCUT2D eigenvalue weighted by atomic mass is 19.1. The lowest BCUT2D eigenvalue weighted by Gasteiger charge is -2.02. The van der Waals surface area contributed by atoms with E-state index in [2.05, 4.69) is 4.98 Å². The summed E-state index contributed by atoms with van der Waals surface area (Å²) < 4.78 is 14.5. The van der Waals surface area contributed by atoms with Crippen LogP contribution in [0.1, 0.15) is 0 Å². The fourth-order valence-corrected chi connectivity index (χ4v) is 1.26. The zero-order valence-electron chi connectivity index (χ0n) is 6.99. The molecule has 1 aromatic heterocycles. The number of halogens is 1. The smallest absolute Gasteiger partial charge is 0.269 e. The molecule has 0 aliphatic heterocycles. The number of rotatable bonds is 0. The Bertz CT molecular complexity index is 518. The highest BCUT2D eigenvalue weighted by Gasteiger charge is 2.04. The van der Waals surface area contributed by atoms with Gasteiger partial charge in [0.05, 0.1) is 11.7 Å². The van der Waals surface area contributed by atoms with Crippen molar-refractivity contribution >= 4 is 11.0 Å². The Hall–Kier alpha value is -1.71. The van der Waals surface area contributed by atoms with Gasteiger partial charge in [0.1, 0.15) is 11.3 Å².